The van der Waals surface area contributed by atoms with Gasteiger partial charge >= 0.3 is 0 Å². The molecule has 1 N–H and O–H groups in total. The smallest absolute Gasteiger partial charge is 0.245 e. The Morgan fingerprint density at radius 1 is 1.41 bits per heavy atom. The van der Waals surface area contributed by atoms with Crippen LogP contribution in [0.3, 0.4) is 0 Å². The molecule has 4 nitrogen and oxygen atoms in total. The average Bonchev–Trinajstić information content (AvgIpc) is 2.79. The summed E-state index contributed by atoms with van der Waals surface area (Å²) in [6.07, 6.45) is 6.72. The molecule has 0 radical (unpaired) electrons. The van der Waals surface area contributed by atoms with Crippen molar-refractivity contribution in [2.24, 2.45) is 0 Å². The first-order valence-corrected chi connectivity index (χ1v) is 6.38. The van der Waals surface area contributed by atoms with Gasteiger partial charge in [-0.05, 0) is 39.5 Å². The Kier molecular flexibility index (Phi) is 3.50. The van der Waals surface area contributed by atoms with Crippen LogP contribution >= 0.6 is 0 Å². The zero-order valence-corrected chi connectivity index (χ0v) is 10.5. The Morgan fingerprint density at radius 3 is 2.82 bits per heavy atom. The molecular formula is C13H20N2O2. The number of carbonyl (C=O) groups excluding carboxylic acids is 2. The van der Waals surface area contributed by atoms with Crippen LogP contribution in [-0.4, -0.2) is 35.3 Å². The minimum atomic E-state index is -0.378. The second kappa shape index (κ2) is 4.90. The van der Waals surface area contributed by atoms with E-state index >= 15 is 0 Å². The van der Waals surface area contributed by atoms with Crippen molar-refractivity contribution < 1.29 is 9.59 Å². The molecule has 0 aromatic carbocycles. The van der Waals surface area contributed by atoms with Gasteiger partial charge in [-0.1, -0.05) is 11.6 Å². The van der Waals surface area contributed by atoms with Crippen LogP contribution in [0.4, 0.5) is 0 Å². The largest absolute Gasteiger partial charge is 0.343 e. The second-order valence-corrected chi connectivity index (χ2v) is 4.94. The van der Waals surface area contributed by atoms with Crippen molar-refractivity contribution in [2.45, 2.75) is 51.6 Å². The van der Waals surface area contributed by atoms with E-state index in [-0.39, 0.29) is 23.9 Å². The molecule has 1 aliphatic heterocycles. The zero-order chi connectivity index (χ0) is 12.4. The van der Waals surface area contributed by atoms with Crippen LogP contribution < -0.4 is 5.32 Å². The van der Waals surface area contributed by atoms with E-state index in [2.05, 4.69) is 11.4 Å². The third-order valence-corrected chi connectivity index (χ3v) is 3.67. The minimum Gasteiger partial charge on any atom is -0.343 e. The molecule has 1 heterocycles. The number of hydrogen-bond donors (Lipinski definition) is 1. The number of rotatable bonds is 3. The first kappa shape index (κ1) is 12.1. The standard InChI is InChI=1S/C13H20N2O2/c1-9-13(17)15(10(2)12(16)14-9)8-7-11-5-3-4-6-11/h5,9-10H,3-4,6-8H2,1-2H3,(H,14,16). The minimum absolute atomic E-state index is 0.0377. The van der Waals surface area contributed by atoms with E-state index in [0.29, 0.717) is 6.54 Å². The molecule has 0 aromatic heterocycles. The van der Waals surface area contributed by atoms with Crippen molar-refractivity contribution >= 4 is 11.8 Å². The molecule has 0 aromatic rings. The van der Waals surface area contributed by atoms with Crippen LogP contribution in [0.2, 0.25) is 0 Å². The fourth-order valence-corrected chi connectivity index (χ4v) is 2.51. The molecule has 17 heavy (non-hydrogen) atoms. The molecule has 1 saturated heterocycles. The van der Waals surface area contributed by atoms with Crippen LogP contribution in [0.1, 0.15) is 39.5 Å². The van der Waals surface area contributed by atoms with Gasteiger partial charge in [0, 0.05) is 6.54 Å². The molecule has 0 saturated carbocycles. The molecule has 2 rings (SSSR count). The summed E-state index contributed by atoms with van der Waals surface area (Å²) in [5.41, 5.74) is 1.43. The van der Waals surface area contributed by atoms with E-state index in [1.807, 2.05) is 0 Å². The van der Waals surface area contributed by atoms with Crippen molar-refractivity contribution in [3.05, 3.63) is 11.6 Å². The first-order valence-electron chi connectivity index (χ1n) is 6.38. The highest BCUT2D eigenvalue weighted by Gasteiger charge is 2.35. The number of hydrogen-bond acceptors (Lipinski definition) is 2. The molecule has 1 aliphatic carbocycles. The van der Waals surface area contributed by atoms with E-state index in [9.17, 15) is 9.59 Å². The third-order valence-electron chi connectivity index (χ3n) is 3.67. The molecule has 1 fully saturated rings. The van der Waals surface area contributed by atoms with E-state index in [0.717, 1.165) is 19.3 Å². The molecule has 94 valence electrons. The maximum absolute atomic E-state index is 12.0. The lowest BCUT2D eigenvalue weighted by atomic mass is 10.1. The van der Waals surface area contributed by atoms with Crippen molar-refractivity contribution in [3.63, 3.8) is 0 Å². The van der Waals surface area contributed by atoms with E-state index < -0.39 is 0 Å². The molecule has 4 heteroatoms. The molecule has 0 spiro atoms. The number of carbonyl (C=O) groups is 2. The van der Waals surface area contributed by atoms with Crippen molar-refractivity contribution in [1.82, 2.24) is 10.2 Å². The Bertz CT molecular complexity index is 362. The maximum Gasteiger partial charge on any atom is 0.245 e. The van der Waals surface area contributed by atoms with Gasteiger partial charge in [-0.3, -0.25) is 9.59 Å². The fourth-order valence-electron chi connectivity index (χ4n) is 2.51. The van der Waals surface area contributed by atoms with Crippen LogP contribution in [0.25, 0.3) is 0 Å². The Labute approximate surface area is 102 Å². The van der Waals surface area contributed by atoms with Crippen molar-refractivity contribution in [3.8, 4) is 0 Å². The molecular weight excluding hydrogens is 216 g/mol. The third kappa shape index (κ3) is 2.51. The molecule has 0 bridgehead atoms. The van der Waals surface area contributed by atoms with E-state index in [4.69, 9.17) is 0 Å². The molecule has 2 aliphatic rings. The molecule has 2 atom stereocenters. The van der Waals surface area contributed by atoms with Gasteiger partial charge in [0.1, 0.15) is 12.1 Å². The maximum atomic E-state index is 12.0. The number of nitrogens with zero attached hydrogens (tertiary/aromatic N) is 1. The lowest BCUT2D eigenvalue weighted by Gasteiger charge is -2.36. The summed E-state index contributed by atoms with van der Waals surface area (Å²) in [4.78, 5) is 25.3. The zero-order valence-electron chi connectivity index (χ0n) is 10.5. The number of nitrogens with one attached hydrogen (secondary N) is 1. The van der Waals surface area contributed by atoms with Crippen LogP contribution in [0.5, 0.6) is 0 Å². The van der Waals surface area contributed by atoms with Crippen LogP contribution in [-0.2, 0) is 9.59 Å². The normalized spacial score (nSPS) is 29.3. The quantitative estimate of drug-likeness (QED) is 0.749. The highest BCUT2D eigenvalue weighted by molar-refractivity contribution is 5.96. The van der Waals surface area contributed by atoms with Gasteiger partial charge in [0.25, 0.3) is 0 Å². The van der Waals surface area contributed by atoms with Crippen LogP contribution in [0, 0.1) is 0 Å². The van der Waals surface area contributed by atoms with Gasteiger partial charge in [0.15, 0.2) is 0 Å². The fraction of sp³-hybridized carbons (Fsp3) is 0.692. The van der Waals surface area contributed by atoms with Gasteiger partial charge in [-0.15, -0.1) is 0 Å². The summed E-state index contributed by atoms with van der Waals surface area (Å²) < 4.78 is 0. The Balaban J connectivity index is 1.96. The average molecular weight is 236 g/mol. The summed E-state index contributed by atoms with van der Waals surface area (Å²) in [7, 11) is 0. The SMILES string of the molecule is CC1NC(=O)C(C)N(CCC2=CCCC2)C1=O. The molecule has 2 amide bonds. The highest BCUT2D eigenvalue weighted by atomic mass is 16.2. The van der Waals surface area contributed by atoms with Crippen LogP contribution in [0.15, 0.2) is 11.6 Å². The second-order valence-electron chi connectivity index (χ2n) is 4.94. The van der Waals surface area contributed by atoms with Crippen molar-refractivity contribution in [2.75, 3.05) is 6.54 Å². The topological polar surface area (TPSA) is 49.4 Å². The van der Waals surface area contributed by atoms with Gasteiger partial charge in [0.2, 0.25) is 11.8 Å². The van der Waals surface area contributed by atoms with Gasteiger partial charge < -0.3 is 10.2 Å². The lowest BCUT2D eigenvalue weighted by Crippen LogP contribution is -2.61. The predicted molar refractivity (Wildman–Crippen MR) is 65.3 cm³/mol. The Hall–Kier alpha value is -1.32. The first-order chi connectivity index (χ1) is 8.09. The molecule has 2 unspecified atom stereocenters. The lowest BCUT2D eigenvalue weighted by molar-refractivity contribution is -0.148. The number of piperazine rings is 1. The highest BCUT2D eigenvalue weighted by Crippen LogP contribution is 2.22. The summed E-state index contributed by atoms with van der Waals surface area (Å²) in [6.45, 7) is 4.21. The summed E-state index contributed by atoms with van der Waals surface area (Å²) >= 11 is 0. The van der Waals surface area contributed by atoms with E-state index in [1.165, 1.54) is 12.0 Å². The summed E-state index contributed by atoms with van der Waals surface area (Å²) in [5.74, 6) is -0.00630. The van der Waals surface area contributed by atoms with E-state index in [1.54, 1.807) is 18.7 Å². The number of amides is 2. The monoisotopic (exact) mass is 236 g/mol. The number of allylic oxidation sites excluding steroid dienone is 1. The van der Waals surface area contributed by atoms with Gasteiger partial charge in [-0.2, -0.15) is 0 Å². The predicted octanol–water partition coefficient (Wildman–Crippen LogP) is 1.22. The van der Waals surface area contributed by atoms with Gasteiger partial charge in [0.05, 0.1) is 0 Å². The Morgan fingerprint density at radius 2 is 2.18 bits per heavy atom. The summed E-state index contributed by atoms with van der Waals surface area (Å²) in [6, 6.07) is -0.711. The summed E-state index contributed by atoms with van der Waals surface area (Å²) in [5, 5.41) is 2.69. The van der Waals surface area contributed by atoms with Crippen molar-refractivity contribution in [1.29, 1.82) is 0 Å². The van der Waals surface area contributed by atoms with Gasteiger partial charge in [-0.25, -0.2) is 0 Å².